The molecule has 0 radical (unpaired) electrons. The lowest BCUT2D eigenvalue weighted by Crippen LogP contribution is -2.41. The third kappa shape index (κ3) is 5.68. The molecule has 0 saturated carbocycles. The molecule has 2 aromatic heterocycles. The molecule has 0 aliphatic heterocycles. The Balaban J connectivity index is 1.86. The van der Waals surface area contributed by atoms with E-state index in [2.05, 4.69) is 10.6 Å². The highest BCUT2D eigenvalue weighted by Gasteiger charge is 2.22. The molecule has 10 heteroatoms. The number of rotatable bonds is 6. The molecule has 0 bridgehead atoms. The Kier molecular flexibility index (Phi) is 6.72. The molecular formula is C17H19N3O6S. The monoisotopic (exact) mass is 393 g/mol. The summed E-state index contributed by atoms with van der Waals surface area (Å²) < 4.78 is 10.0. The Hall–Kier alpha value is -3.14. The number of aryl methyl sites for hydroxylation is 1. The van der Waals surface area contributed by atoms with Crippen molar-refractivity contribution in [3.63, 3.8) is 0 Å². The summed E-state index contributed by atoms with van der Waals surface area (Å²) in [5.74, 6) is -1.34. The molecule has 0 aliphatic carbocycles. The van der Waals surface area contributed by atoms with Crippen LogP contribution in [-0.2, 0) is 20.9 Å². The molecule has 2 rings (SSSR count). The maximum Gasteiger partial charge on any atom is 0.341 e. The SMILES string of the molecule is CC(=O)Nc1sc(C)c(C)c1C(=O)OCC(=O)NC(=O)NCc1ccco1. The number of carbonyl (C=O) groups is 4. The molecule has 4 amide bonds. The number of ether oxygens (including phenoxy) is 1. The van der Waals surface area contributed by atoms with Crippen LogP contribution >= 0.6 is 11.3 Å². The molecule has 2 aromatic rings. The minimum atomic E-state index is -0.786. The molecule has 3 N–H and O–H groups in total. The summed E-state index contributed by atoms with van der Waals surface area (Å²) in [6, 6.07) is 2.60. The maximum absolute atomic E-state index is 12.3. The Morgan fingerprint density at radius 3 is 2.59 bits per heavy atom. The fraction of sp³-hybridized carbons (Fsp3) is 0.294. The van der Waals surface area contributed by atoms with E-state index < -0.39 is 24.5 Å². The highest BCUT2D eigenvalue weighted by molar-refractivity contribution is 7.16. The smallest absolute Gasteiger partial charge is 0.341 e. The van der Waals surface area contributed by atoms with E-state index >= 15 is 0 Å². The number of amides is 4. The largest absolute Gasteiger partial charge is 0.467 e. The molecule has 0 spiro atoms. The van der Waals surface area contributed by atoms with Gasteiger partial charge in [-0.3, -0.25) is 14.9 Å². The Labute approximate surface area is 159 Å². The van der Waals surface area contributed by atoms with Crippen molar-refractivity contribution in [1.29, 1.82) is 0 Å². The van der Waals surface area contributed by atoms with E-state index in [0.29, 0.717) is 16.3 Å². The average Bonchev–Trinajstić information content (AvgIpc) is 3.19. The van der Waals surface area contributed by atoms with Crippen LogP contribution < -0.4 is 16.0 Å². The highest BCUT2D eigenvalue weighted by atomic mass is 32.1. The Morgan fingerprint density at radius 2 is 1.96 bits per heavy atom. The normalized spacial score (nSPS) is 10.2. The van der Waals surface area contributed by atoms with Gasteiger partial charge in [-0.25, -0.2) is 9.59 Å². The van der Waals surface area contributed by atoms with Gasteiger partial charge in [0.2, 0.25) is 5.91 Å². The molecule has 0 aliphatic rings. The molecule has 0 saturated heterocycles. The van der Waals surface area contributed by atoms with E-state index in [1.165, 1.54) is 24.5 Å². The number of furan rings is 1. The fourth-order valence-corrected chi connectivity index (χ4v) is 3.21. The maximum atomic E-state index is 12.3. The Bertz CT molecular complexity index is 856. The van der Waals surface area contributed by atoms with E-state index in [1.807, 2.05) is 5.32 Å². The first-order valence-electron chi connectivity index (χ1n) is 7.92. The lowest BCUT2D eigenvalue weighted by molar-refractivity contribution is -0.123. The van der Waals surface area contributed by atoms with Crippen molar-refractivity contribution in [2.24, 2.45) is 0 Å². The van der Waals surface area contributed by atoms with Gasteiger partial charge in [-0.2, -0.15) is 0 Å². The van der Waals surface area contributed by atoms with Gasteiger partial charge < -0.3 is 19.8 Å². The summed E-state index contributed by atoms with van der Waals surface area (Å²) in [7, 11) is 0. The summed E-state index contributed by atoms with van der Waals surface area (Å²) in [5, 5.41) is 7.40. The summed E-state index contributed by atoms with van der Waals surface area (Å²) in [6.07, 6.45) is 1.46. The van der Waals surface area contributed by atoms with Crippen LogP contribution in [0, 0.1) is 13.8 Å². The van der Waals surface area contributed by atoms with Crippen LogP contribution in [0.2, 0.25) is 0 Å². The number of hydrogen-bond donors (Lipinski definition) is 3. The standard InChI is InChI=1S/C17H19N3O6S/c1-9-10(2)27-15(19-11(3)21)14(9)16(23)26-8-13(22)20-17(24)18-7-12-5-4-6-25-12/h4-6H,7-8H2,1-3H3,(H,19,21)(H2,18,20,22,24). The summed E-state index contributed by atoms with van der Waals surface area (Å²) in [4.78, 5) is 47.8. The minimum absolute atomic E-state index is 0.110. The summed E-state index contributed by atoms with van der Waals surface area (Å²) in [5.41, 5.74) is 0.855. The second-order valence-electron chi connectivity index (χ2n) is 5.55. The van der Waals surface area contributed by atoms with Crippen LogP contribution in [-0.4, -0.2) is 30.4 Å². The van der Waals surface area contributed by atoms with Crippen LogP contribution in [0.4, 0.5) is 9.80 Å². The first kappa shape index (κ1) is 20.2. The van der Waals surface area contributed by atoms with E-state index in [4.69, 9.17) is 9.15 Å². The number of hydrogen-bond acceptors (Lipinski definition) is 7. The van der Waals surface area contributed by atoms with Crippen LogP contribution in [0.3, 0.4) is 0 Å². The van der Waals surface area contributed by atoms with Gasteiger partial charge in [-0.1, -0.05) is 0 Å². The van der Waals surface area contributed by atoms with Gasteiger partial charge in [0.25, 0.3) is 5.91 Å². The lowest BCUT2D eigenvalue weighted by atomic mass is 10.1. The van der Waals surface area contributed by atoms with Crippen LogP contribution in [0.25, 0.3) is 0 Å². The molecule has 0 aromatic carbocycles. The lowest BCUT2D eigenvalue weighted by Gasteiger charge is -2.08. The van der Waals surface area contributed by atoms with Crippen molar-refractivity contribution >= 4 is 40.2 Å². The first-order chi connectivity index (χ1) is 12.8. The van der Waals surface area contributed by atoms with E-state index in [9.17, 15) is 19.2 Å². The highest BCUT2D eigenvalue weighted by Crippen LogP contribution is 2.32. The summed E-state index contributed by atoms with van der Waals surface area (Å²) >= 11 is 1.24. The van der Waals surface area contributed by atoms with Gasteiger partial charge in [0, 0.05) is 11.8 Å². The zero-order valence-corrected chi connectivity index (χ0v) is 15.8. The van der Waals surface area contributed by atoms with Gasteiger partial charge in [-0.05, 0) is 31.5 Å². The average molecular weight is 393 g/mol. The third-order valence-electron chi connectivity index (χ3n) is 3.47. The number of anilines is 1. The zero-order chi connectivity index (χ0) is 20.0. The van der Waals surface area contributed by atoms with E-state index in [0.717, 1.165) is 4.88 Å². The molecule has 27 heavy (non-hydrogen) atoms. The molecule has 144 valence electrons. The van der Waals surface area contributed by atoms with E-state index in [-0.39, 0.29) is 18.0 Å². The topological polar surface area (TPSA) is 127 Å². The van der Waals surface area contributed by atoms with E-state index in [1.54, 1.807) is 26.0 Å². The van der Waals surface area contributed by atoms with Crippen LogP contribution in [0.1, 0.15) is 33.5 Å². The van der Waals surface area contributed by atoms with Crippen molar-refractivity contribution in [1.82, 2.24) is 10.6 Å². The van der Waals surface area contributed by atoms with Gasteiger partial charge in [0.15, 0.2) is 6.61 Å². The van der Waals surface area contributed by atoms with Crippen molar-refractivity contribution in [2.45, 2.75) is 27.3 Å². The second-order valence-corrected chi connectivity index (χ2v) is 6.78. The van der Waals surface area contributed by atoms with Crippen LogP contribution in [0.15, 0.2) is 22.8 Å². The van der Waals surface area contributed by atoms with Gasteiger partial charge >= 0.3 is 12.0 Å². The van der Waals surface area contributed by atoms with Crippen LogP contribution in [0.5, 0.6) is 0 Å². The first-order valence-corrected chi connectivity index (χ1v) is 8.74. The number of nitrogens with one attached hydrogen (secondary N) is 3. The number of carbonyl (C=O) groups excluding carboxylic acids is 4. The zero-order valence-electron chi connectivity index (χ0n) is 15.0. The van der Waals surface area contributed by atoms with Crippen molar-refractivity contribution in [3.05, 3.63) is 40.2 Å². The predicted octanol–water partition coefficient (Wildman–Crippen LogP) is 2.10. The quantitative estimate of drug-likeness (QED) is 0.645. The molecule has 9 nitrogen and oxygen atoms in total. The number of urea groups is 1. The molecular weight excluding hydrogens is 374 g/mol. The number of thiophene rings is 1. The summed E-state index contributed by atoms with van der Waals surface area (Å²) in [6.45, 7) is 4.32. The van der Waals surface area contributed by atoms with Crippen molar-refractivity contribution in [2.75, 3.05) is 11.9 Å². The molecule has 2 heterocycles. The number of esters is 1. The predicted molar refractivity (Wildman–Crippen MR) is 97.5 cm³/mol. The van der Waals surface area contributed by atoms with Crippen molar-refractivity contribution in [3.8, 4) is 0 Å². The second kappa shape index (κ2) is 8.99. The molecule has 0 atom stereocenters. The van der Waals surface area contributed by atoms with Crippen molar-refractivity contribution < 1.29 is 28.3 Å². The van der Waals surface area contributed by atoms with Gasteiger partial charge in [-0.15, -0.1) is 11.3 Å². The number of imide groups is 1. The molecule has 0 unspecified atom stereocenters. The minimum Gasteiger partial charge on any atom is -0.467 e. The fourth-order valence-electron chi connectivity index (χ4n) is 2.11. The molecule has 0 fully saturated rings. The Morgan fingerprint density at radius 1 is 1.22 bits per heavy atom. The van der Waals surface area contributed by atoms with Gasteiger partial charge in [0.1, 0.15) is 10.8 Å². The van der Waals surface area contributed by atoms with Gasteiger partial charge in [0.05, 0.1) is 18.4 Å². The third-order valence-corrected chi connectivity index (χ3v) is 4.59.